The SMILES string of the molecule is CCc1nccn1Cc1cc(CNCC(C)C)no1. The molecule has 0 aromatic carbocycles. The van der Waals surface area contributed by atoms with Crippen molar-refractivity contribution in [2.75, 3.05) is 6.54 Å². The number of nitrogens with zero attached hydrogens (tertiary/aromatic N) is 3. The van der Waals surface area contributed by atoms with Crippen LogP contribution in [0, 0.1) is 5.92 Å². The zero-order valence-electron chi connectivity index (χ0n) is 11.9. The Hall–Kier alpha value is -1.62. The van der Waals surface area contributed by atoms with E-state index in [0.717, 1.165) is 36.8 Å². The number of hydrogen-bond donors (Lipinski definition) is 1. The van der Waals surface area contributed by atoms with Crippen molar-refractivity contribution in [3.05, 3.63) is 35.7 Å². The second-order valence-electron chi connectivity index (χ2n) is 5.13. The topological polar surface area (TPSA) is 55.9 Å². The van der Waals surface area contributed by atoms with Crippen LogP contribution >= 0.6 is 0 Å². The van der Waals surface area contributed by atoms with E-state index < -0.39 is 0 Å². The van der Waals surface area contributed by atoms with Gasteiger partial charge in [-0.2, -0.15) is 0 Å². The first-order valence-electron chi connectivity index (χ1n) is 6.84. The summed E-state index contributed by atoms with van der Waals surface area (Å²) in [7, 11) is 0. The van der Waals surface area contributed by atoms with E-state index in [0.29, 0.717) is 12.5 Å². The third-order valence-corrected chi connectivity index (χ3v) is 2.91. The van der Waals surface area contributed by atoms with Crippen molar-refractivity contribution < 1.29 is 4.52 Å². The maximum absolute atomic E-state index is 5.36. The smallest absolute Gasteiger partial charge is 0.156 e. The number of rotatable bonds is 7. The molecule has 1 N–H and O–H groups in total. The maximum atomic E-state index is 5.36. The van der Waals surface area contributed by atoms with Crippen molar-refractivity contribution in [2.45, 2.75) is 40.3 Å². The van der Waals surface area contributed by atoms with Crippen LogP contribution in [-0.4, -0.2) is 21.3 Å². The minimum atomic E-state index is 0.643. The Kier molecular flexibility index (Phi) is 4.74. The number of imidazole rings is 1. The number of aromatic nitrogens is 3. The Labute approximate surface area is 114 Å². The molecule has 0 bridgehead atoms. The third-order valence-electron chi connectivity index (χ3n) is 2.91. The van der Waals surface area contributed by atoms with Gasteiger partial charge in [-0.1, -0.05) is 25.9 Å². The molecule has 0 fully saturated rings. The first-order valence-corrected chi connectivity index (χ1v) is 6.84. The number of hydrogen-bond acceptors (Lipinski definition) is 4. The Bertz CT molecular complexity index is 501. The first kappa shape index (κ1) is 13.8. The Balaban J connectivity index is 1.90. The summed E-state index contributed by atoms with van der Waals surface area (Å²) in [6.07, 6.45) is 4.71. The summed E-state index contributed by atoms with van der Waals surface area (Å²) in [5.74, 6) is 2.58. The molecule has 0 saturated carbocycles. The normalized spacial score (nSPS) is 11.4. The summed E-state index contributed by atoms with van der Waals surface area (Å²) in [6, 6.07) is 2.01. The van der Waals surface area contributed by atoms with Gasteiger partial charge in [-0.3, -0.25) is 0 Å². The molecule has 5 nitrogen and oxygen atoms in total. The monoisotopic (exact) mass is 262 g/mol. The minimum absolute atomic E-state index is 0.643. The maximum Gasteiger partial charge on any atom is 0.156 e. The minimum Gasteiger partial charge on any atom is -0.359 e. The van der Waals surface area contributed by atoms with E-state index in [-0.39, 0.29) is 0 Å². The molecule has 2 rings (SSSR count). The second-order valence-corrected chi connectivity index (χ2v) is 5.13. The fraction of sp³-hybridized carbons (Fsp3) is 0.571. The Morgan fingerprint density at radius 2 is 2.26 bits per heavy atom. The Morgan fingerprint density at radius 1 is 1.42 bits per heavy atom. The molecule has 0 unspecified atom stereocenters. The van der Waals surface area contributed by atoms with E-state index in [1.807, 2.05) is 18.5 Å². The molecule has 0 radical (unpaired) electrons. The van der Waals surface area contributed by atoms with Gasteiger partial charge < -0.3 is 14.4 Å². The highest BCUT2D eigenvalue weighted by Crippen LogP contribution is 2.08. The zero-order chi connectivity index (χ0) is 13.7. The predicted octanol–water partition coefficient (Wildman–Crippen LogP) is 2.23. The lowest BCUT2D eigenvalue weighted by atomic mass is 10.2. The van der Waals surface area contributed by atoms with Crippen LogP contribution in [0.2, 0.25) is 0 Å². The van der Waals surface area contributed by atoms with Gasteiger partial charge in [0.05, 0.1) is 12.2 Å². The molecule has 0 saturated heterocycles. The van der Waals surface area contributed by atoms with Gasteiger partial charge in [0.2, 0.25) is 0 Å². The second kappa shape index (κ2) is 6.52. The van der Waals surface area contributed by atoms with Gasteiger partial charge in [0.1, 0.15) is 5.82 Å². The summed E-state index contributed by atoms with van der Waals surface area (Å²) < 4.78 is 7.45. The standard InChI is InChI=1S/C14H22N4O/c1-4-14-16-5-6-18(14)10-13-7-12(17-19-13)9-15-8-11(2)3/h5-7,11,15H,4,8-10H2,1-3H3. The van der Waals surface area contributed by atoms with Gasteiger partial charge in [0.25, 0.3) is 0 Å². The van der Waals surface area contributed by atoms with Crippen LogP contribution in [-0.2, 0) is 19.5 Å². The summed E-state index contributed by atoms with van der Waals surface area (Å²) in [5, 5.41) is 7.43. The summed E-state index contributed by atoms with van der Waals surface area (Å²) in [5.41, 5.74) is 0.953. The Morgan fingerprint density at radius 3 is 3.00 bits per heavy atom. The van der Waals surface area contributed by atoms with E-state index in [4.69, 9.17) is 4.52 Å². The van der Waals surface area contributed by atoms with Crippen LogP contribution < -0.4 is 5.32 Å². The summed E-state index contributed by atoms with van der Waals surface area (Å²) >= 11 is 0. The molecule has 2 aromatic rings. The molecular formula is C14H22N4O. The van der Waals surface area contributed by atoms with Crippen LogP contribution in [0.1, 0.15) is 38.0 Å². The van der Waals surface area contributed by atoms with Gasteiger partial charge in [-0.05, 0) is 12.5 Å². The van der Waals surface area contributed by atoms with Crippen LogP contribution in [0.25, 0.3) is 0 Å². The molecule has 0 atom stereocenters. The molecule has 0 aliphatic heterocycles. The van der Waals surface area contributed by atoms with E-state index in [9.17, 15) is 0 Å². The van der Waals surface area contributed by atoms with Crippen LogP contribution in [0.5, 0.6) is 0 Å². The van der Waals surface area contributed by atoms with Gasteiger partial charge >= 0.3 is 0 Å². The summed E-state index contributed by atoms with van der Waals surface area (Å²) in [4.78, 5) is 4.30. The average molecular weight is 262 g/mol. The fourth-order valence-electron chi connectivity index (χ4n) is 1.97. The van der Waals surface area contributed by atoms with E-state index in [2.05, 4.69) is 40.8 Å². The largest absolute Gasteiger partial charge is 0.359 e. The van der Waals surface area contributed by atoms with Crippen LogP contribution in [0.3, 0.4) is 0 Å². The molecule has 19 heavy (non-hydrogen) atoms. The highest BCUT2D eigenvalue weighted by atomic mass is 16.5. The molecule has 0 aliphatic carbocycles. The predicted molar refractivity (Wildman–Crippen MR) is 73.8 cm³/mol. The third kappa shape index (κ3) is 3.92. The molecule has 2 heterocycles. The molecule has 0 amide bonds. The number of nitrogens with one attached hydrogen (secondary N) is 1. The molecule has 2 aromatic heterocycles. The van der Waals surface area contributed by atoms with Crippen molar-refractivity contribution in [2.24, 2.45) is 5.92 Å². The van der Waals surface area contributed by atoms with Crippen LogP contribution in [0.15, 0.2) is 23.0 Å². The molecular weight excluding hydrogens is 240 g/mol. The highest BCUT2D eigenvalue weighted by Gasteiger charge is 2.07. The van der Waals surface area contributed by atoms with Crippen LogP contribution in [0.4, 0.5) is 0 Å². The highest BCUT2D eigenvalue weighted by molar-refractivity contribution is 5.07. The lowest BCUT2D eigenvalue weighted by Gasteiger charge is -2.04. The van der Waals surface area contributed by atoms with Gasteiger partial charge in [0.15, 0.2) is 5.76 Å². The first-order chi connectivity index (χ1) is 9.19. The lowest BCUT2D eigenvalue weighted by molar-refractivity contribution is 0.367. The molecule has 0 spiro atoms. The van der Waals surface area contributed by atoms with Gasteiger partial charge in [-0.15, -0.1) is 0 Å². The van der Waals surface area contributed by atoms with Crippen molar-refractivity contribution in [1.29, 1.82) is 0 Å². The van der Waals surface area contributed by atoms with Crippen molar-refractivity contribution >= 4 is 0 Å². The molecule has 104 valence electrons. The molecule has 0 aliphatic rings. The quantitative estimate of drug-likeness (QED) is 0.831. The molecule has 5 heteroatoms. The van der Waals surface area contributed by atoms with E-state index >= 15 is 0 Å². The van der Waals surface area contributed by atoms with Crippen molar-refractivity contribution in [1.82, 2.24) is 20.0 Å². The van der Waals surface area contributed by atoms with Crippen molar-refractivity contribution in [3.63, 3.8) is 0 Å². The van der Waals surface area contributed by atoms with Gasteiger partial charge in [0, 0.05) is 31.4 Å². The summed E-state index contributed by atoms with van der Waals surface area (Å²) in [6.45, 7) is 8.91. The van der Waals surface area contributed by atoms with Crippen molar-refractivity contribution in [3.8, 4) is 0 Å². The number of aryl methyl sites for hydroxylation is 1. The average Bonchev–Trinajstić information content (AvgIpc) is 2.98. The van der Waals surface area contributed by atoms with Gasteiger partial charge in [-0.25, -0.2) is 4.98 Å². The fourth-order valence-corrected chi connectivity index (χ4v) is 1.97. The van der Waals surface area contributed by atoms with E-state index in [1.54, 1.807) is 0 Å². The lowest BCUT2D eigenvalue weighted by Crippen LogP contribution is -2.19. The zero-order valence-corrected chi connectivity index (χ0v) is 11.9. The van der Waals surface area contributed by atoms with E-state index in [1.165, 1.54) is 0 Å².